The predicted molar refractivity (Wildman–Crippen MR) is 222 cm³/mol. The van der Waals surface area contributed by atoms with E-state index in [9.17, 15) is 18.4 Å². The van der Waals surface area contributed by atoms with E-state index in [-0.39, 0.29) is 36.7 Å². The molecule has 2 aliphatic heterocycles. The van der Waals surface area contributed by atoms with E-state index in [4.69, 9.17) is 9.97 Å². The van der Waals surface area contributed by atoms with Crippen molar-refractivity contribution < 1.29 is 18.4 Å². The van der Waals surface area contributed by atoms with Crippen molar-refractivity contribution in [3.8, 4) is 44.2 Å². The monoisotopic (exact) mass is 840 g/mol. The second-order valence-corrected chi connectivity index (χ2v) is 17.0. The van der Waals surface area contributed by atoms with E-state index < -0.39 is 18.0 Å². The number of nitrogens with zero attached hydrogens (tertiary/aromatic N) is 12. The average molecular weight is 841 g/mol. The summed E-state index contributed by atoms with van der Waals surface area (Å²) in [7, 11) is 3.48. The minimum absolute atomic E-state index is 0.107. The summed E-state index contributed by atoms with van der Waals surface area (Å²) in [4.78, 5) is 60.5. The number of aromatic nitrogens is 10. The van der Waals surface area contributed by atoms with Crippen molar-refractivity contribution in [3.63, 3.8) is 0 Å². The number of hydrogen-bond acceptors (Lipinski definition) is 14. The molecule has 6 aromatic rings. The van der Waals surface area contributed by atoms with Crippen LogP contribution in [-0.2, 0) is 9.59 Å². The highest BCUT2D eigenvalue weighted by Gasteiger charge is 2.53. The third-order valence-corrected chi connectivity index (χ3v) is 13.2. The lowest BCUT2D eigenvalue weighted by Crippen LogP contribution is -2.61. The highest BCUT2D eigenvalue weighted by molar-refractivity contribution is 7.13. The fraction of sp³-hybridized carbons (Fsp3) is 0.436. The zero-order valence-electron chi connectivity index (χ0n) is 33.0. The van der Waals surface area contributed by atoms with Crippen LogP contribution in [0.1, 0.15) is 59.3 Å². The first kappa shape index (κ1) is 38.7. The number of aromatic amines is 2. The first-order valence-corrected chi connectivity index (χ1v) is 21.4. The Morgan fingerprint density at radius 1 is 0.763 bits per heavy atom. The van der Waals surface area contributed by atoms with Gasteiger partial charge >= 0.3 is 0 Å². The molecule has 3 atom stereocenters. The zero-order valence-corrected chi connectivity index (χ0v) is 34.6. The molecule has 0 aromatic carbocycles. The molecule has 0 bridgehead atoms. The highest BCUT2D eigenvalue weighted by Crippen LogP contribution is 2.47. The number of amides is 2. The average Bonchev–Trinajstić information content (AvgIpc) is 3.75. The van der Waals surface area contributed by atoms with E-state index in [1.165, 1.54) is 40.4 Å². The molecule has 0 saturated heterocycles. The number of thiazole rings is 2. The van der Waals surface area contributed by atoms with Crippen molar-refractivity contribution in [1.82, 2.24) is 50.3 Å². The van der Waals surface area contributed by atoms with Gasteiger partial charge in [-0.1, -0.05) is 13.8 Å². The van der Waals surface area contributed by atoms with Crippen molar-refractivity contribution in [2.45, 2.75) is 89.4 Å². The Kier molecular flexibility index (Phi) is 9.93. The summed E-state index contributed by atoms with van der Waals surface area (Å²) in [6.07, 6.45) is 13.3. The van der Waals surface area contributed by atoms with Crippen LogP contribution in [0, 0.1) is 5.92 Å². The molecule has 2 amide bonds. The summed E-state index contributed by atoms with van der Waals surface area (Å²) in [6, 6.07) is -0.906. The molecule has 8 heterocycles. The molecule has 2 N–H and O–H groups in total. The van der Waals surface area contributed by atoms with Gasteiger partial charge in [0.15, 0.2) is 23.3 Å². The van der Waals surface area contributed by atoms with Gasteiger partial charge < -0.3 is 19.6 Å². The number of fused-ring (bicyclic) bond motifs is 2. The van der Waals surface area contributed by atoms with E-state index >= 15 is 0 Å². The predicted octanol–water partition coefficient (Wildman–Crippen LogP) is 6.70. The van der Waals surface area contributed by atoms with Crippen LogP contribution in [0.25, 0.3) is 44.2 Å². The minimum atomic E-state index is -2.70. The van der Waals surface area contributed by atoms with Crippen LogP contribution in [0.3, 0.4) is 0 Å². The Morgan fingerprint density at radius 2 is 1.27 bits per heavy atom. The number of hydrogen-bond donors (Lipinski definition) is 2. The van der Waals surface area contributed by atoms with E-state index in [1.807, 2.05) is 24.7 Å². The molecule has 0 radical (unpaired) electrons. The summed E-state index contributed by atoms with van der Waals surface area (Å²) in [5.41, 5.74) is 4.26. The van der Waals surface area contributed by atoms with Crippen molar-refractivity contribution in [2.24, 2.45) is 5.92 Å². The number of carbonyl (C=O) groups is 2. The number of anilines is 4. The van der Waals surface area contributed by atoms with Gasteiger partial charge in [0.05, 0.1) is 35.9 Å². The number of carbonyl (C=O) groups excluding carboxylic acids is 2. The van der Waals surface area contributed by atoms with Gasteiger partial charge in [0.2, 0.25) is 11.8 Å². The van der Waals surface area contributed by atoms with E-state index in [0.717, 1.165) is 39.2 Å². The number of nitrogens with one attached hydrogen (secondary N) is 2. The maximum atomic E-state index is 13.7. The van der Waals surface area contributed by atoms with Gasteiger partial charge in [-0.05, 0) is 38.5 Å². The molecular formula is C39H42F2N14O2S2. The van der Waals surface area contributed by atoms with Gasteiger partial charge in [0, 0.05) is 62.2 Å². The third-order valence-electron chi connectivity index (χ3n) is 11.6. The van der Waals surface area contributed by atoms with E-state index in [2.05, 4.69) is 59.1 Å². The van der Waals surface area contributed by atoms with Crippen molar-refractivity contribution in [2.75, 3.05) is 33.7 Å². The van der Waals surface area contributed by atoms with E-state index in [1.54, 1.807) is 54.0 Å². The second-order valence-electron chi connectivity index (χ2n) is 15.2. The SMILES string of the molecule is CC[C@@H]1C(=O)N(C)c2cnc(-c3cn[nH]c3-c3nccs3)nc2N1C(C)C1CC1.CC[C@@H]1C(=O)N(C)c2cnc(-c3cn[nH]c3-c3nccs3)nc2N1C1CC(F)(F)C1. The minimum Gasteiger partial charge on any atom is -0.340 e. The normalized spacial score (nSPS) is 20.5. The molecule has 1 unspecified atom stereocenters. The quantitative estimate of drug-likeness (QED) is 0.158. The molecule has 306 valence electrons. The lowest BCUT2D eigenvalue weighted by atomic mass is 9.85. The summed E-state index contributed by atoms with van der Waals surface area (Å²) in [5, 5.41) is 19.7. The van der Waals surface area contributed by atoms with Crippen LogP contribution in [0.2, 0.25) is 0 Å². The van der Waals surface area contributed by atoms with Crippen LogP contribution in [0.4, 0.5) is 31.8 Å². The number of likely N-dealkylation sites (N-methyl/N-ethyl adjacent to an activating group) is 2. The Balaban J connectivity index is 0.000000152. The van der Waals surface area contributed by atoms with Crippen LogP contribution in [-0.4, -0.2) is 106 Å². The van der Waals surface area contributed by atoms with Gasteiger partial charge in [-0.25, -0.2) is 38.7 Å². The molecule has 20 heteroatoms. The third kappa shape index (κ3) is 6.80. The lowest BCUT2D eigenvalue weighted by molar-refractivity contribution is -0.122. The van der Waals surface area contributed by atoms with Crippen LogP contribution in [0.5, 0.6) is 0 Å². The molecule has 2 aliphatic carbocycles. The van der Waals surface area contributed by atoms with Gasteiger partial charge in [-0.15, -0.1) is 22.7 Å². The Morgan fingerprint density at radius 3 is 1.75 bits per heavy atom. The number of rotatable bonds is 9. The molecule has 6 aromatic heterocycles. The fourth-order valence-electron chi connectivity index (χ4n) is 8.27. The summed E-state index contributed by atoms with van der Waals surface area (Å²) >= 11 is 3.00. The number of halogens is 2. The maximum Gasteiger partial charge on any atom is 0.252 e. The number of H-pyrrole nitrogens is 2. The summed E-state index contributed by atoms with van der Waals surface area (Å²) in [5.74, 6) is 0.212. The molecule has 0 spiro atoms. The molecule has 2 saturated carbocycles. The van der Waals surface area contributed by atoms with Gasteiger partial charge in [0.25, 0.3) is 5.92 Å². The maximum absolute atomic E-state index is 13.7. The van der Waals surface area contributed by atoms with Crippen LogP contribution < -0.4 is 19.6 Å². The van der Waals surface area contributed by atoms with Gasteiger partial charge in [0.1, 0.15) is 44.9 Å². The Hall–Kier alpha value is -5.76. The molecule has 2 fully saturated rings. The van der Waals surface area contributed by atoms with Crippen molar-refractivity contribution >= 4 is 57.5 Å². The number of alkyl halides is 2. The van der Waals surface area contributed by atoms with E-state index in [0.29, 0.717) is 46.8 Å². The van der Waals surface area contributed by atoms with Crippen molar-refractivity contribution in [1.29, 1.82) is 0 Å². The molecule has 4 aliphatic rings. The summed E-state index contributed by atoms with van der Waals surface area (Å²) in [6.45, 7) is 6.15. The van der Waals surface area contributed by atoms with Gasteiger partial charge in [-0.2, -0.15) is 10.2 Å². The van der Waals surface area contributed by atoms with Crippen LogP contribution >= 0.6 is 22.7 Å². The topological polar surface area (TPSA) is 182 Å². The Labute approximate surface area is 346 Å². The van der Waals surface area contributed by atoms with Crippen molar-refractivity contribution in [3.05, 3.63) is 47.9 Å². The largest absolute Gasteiger partial charge is 0.340 e. The molecule has 59 heavy (non-hydrogen) atoms. The highest BCUT2D eigenvalue weighted by atomic mass is 32.1. The first-order valence-electron chi connectivity index (χ1n) is 19.6. The fourth-order valence-corrected chi connectivity index (χ4v) is 9.57. The smallest absolute Gasteiger partial charge is 0.252 e. The molecule has 10 rings (SSSR count). The zero-order chi connectivity index (χ0) is 41.2. The second kappa shape index (κ2) is 15.1. The van der Waals surface area contributed by atoms with Gasteiger partial charge in [-0.3, -0.25) is 19.8 Å². The molecular weight excluding hydrogens is 799 g/mol. The Bertz CT molecular complexity index is 2480. The summed E-state index contributed by atoms with van der Waals surface area (Å²) < 4.78 is 27.3. The standard InChI is InChI=1S/C20H23N7OS.C19H19F2N7OS/c1-4-14-20(28)26(3)15-10-22-17(24-18(15)27(14)11(2)12-5-6-12)13-9-23-25-16(13)19-21-7-8-29-19;1-3-12-18(29)27(2)13-9-23-15(11-8-24-26-14(11)17-22-4-5-30-17)25-16(13)28(12)10-6-19(20,21)7-10/h7-12,14H,4-6H2,1-3H3,(H,23,25);4-5,8-10,12H,3,6-7H2,1-2H3,(H,24,26)/t11?,14-;12-/m11/s1. The molecule has 16 nitrogen and oxygen atoms in total. The lowest BCUT2D eigenvalue weighted by Gasteiger charge is -2.49. The first-order chi connectivity index (χ1) is 28.5. The van der Waals surface area contributed by atoms with Crippen LogP contribution in [0.15, 0.2) is 47.9 Å².